The lowest BCUT2D eigenvalue weighted by molar-refractivity contribution is 0.397. The highest BCUT2D eigenvalue weighted by Gasteiger charge is 2.53. The zero-order valence-corrected chi connectivity index (χ0v) is 19.9. The van der Waals surface area contributed by atoms with Gasteiger partial charge in [0.05, 0.1) is 20.2 Å². The summed E-state index contributed by atoms with van der Waals surface area (Å²) in [6.07, 6.45) is 6.61. The molecule has 8 nitrogen and oxygen atoms in total. The Hall–Kier alpha value is -1.79. The van der Waals surface area contributed by atoms with Gasteiger partial charge in [-0.2, -0.15) is 0 Å². The highest BCUT2D eigenvalue weighted by Crippen LogP contribution is 2.52. The van der Waals surface area contributed by atoms with Crippen molar-refractivity contribution in [3.8, 4) is 11.4 Å². The van der Waals surface area contributed by atoms with Crippen molar-refractivity contribution in [2.45, 2.75) is 30.6 Å². The van der Waals surface area contributed by atoms with Crippen LogP contribution < -0.4 is 4.90 Å². The number of piperazine rings is 1. The van der Waals surface area contributed by atoms with Gasteiger partial charge in [0.2, 0.25) is 0 Å². The molecule has 3 aromatic rings. The summed E-state index contributed by atoms with van der Waals surface area (Å²) in [4.78, 5) is 19.7. The Bertz CT molecular complexity index is 1220. The molecular formula is C20H24IN7OS. The molecule has 2 N–H and O–H groups in total. The van der Waals surface area contributed by atoms with E-state index in [1.807, 2.05) is 24.4 Å². The molecule has 0 spiro atoms. The smallest absolute Gasteiger partial charge is 0.162 e. The molecule has 2 atom stereocenters. The van der Waals surface area contributed by atoms with Gasteiger partial charge in [-0.3, -0.25) is 4.78 Å². The van der Waals surface area contributed by atoms with E-state index in [4.69, 9.17) is 14.7 Å². The third-order valence-corrected chi connectivity index (χ3v) is 9.19. The first-order chi connectivity index (χ1) is 14.3. The second kappa shape index (κ2) is 7.13. The van der Waals surface area contributed by atoms with E-state index in [9.17, 15) is 4.21 Å². The van der Waals surface area contributed by atoms with Crippen LogP contribution >= 0.6 is 22.9 Å². The van der Waals surface area contributed by atoms with Crippen LogP contribution in [-0.4, -0.2) is 59.2 Å². The molecule has 1 aliphatic heterocycles. The Labute approximate surface area is 190 Å². The van der Waals surface area contributed by atoms with E-state index < -0.39 is 14.5 Å². The van der Waals surface area contributed by atoms with Crippen LogP contribution in [0.2, 0.25) is 0 Å². The summed E-state index contributed by atoms with van der Waals surface area (Å²) in [7, 11) is -2.78. The van der Waals surface area contributed by atoms with Gasteiger partial charge in [0.15, 0.2) is 5.82 Å². The molecule has 30 heavy (non-hydrogen) atoms. The lowest BCUT2D eigenvalue weighted by Gasteiger charge is -2.38. The standard InChI is InChI=1S/C20H24IN7OS/c1-13-12-27(21)9-10-28(13)17-11-16(20(5-6-20)30(2,22)29)25-19(26-17)15-4-8-24-18-14(15)3-7-23-18/h3-4,7-8,11,13,22H,5-6,9-10,12H2,1-2H3,(H,23,24)/t13-,30?/m1/s1. The van der Waals surface area contributed by atoms with E-state index in [1.165, 1.54) is 6.26 Å². The quantitative estimate of drug-likeness (QED) is 0.390. The van der Waals surface area contributed by atoms with Crippen molar-refractivity contribution in [2.24, 2.45) is 0 Å². The van der Waals surface area contributed by atoms with Crippen molar-refractivity contribution < 1.29 is 4.21 Å². The summed E-state index contributed by atoms with van der Waals surface area (Å²) in [6.45, 7) is 4.96. The average molecular weight is 537 g/mol. The summed E-state index contributed by atoms with van der Waals surface area (Å²) in [5.41, 5.74) is 2.42. The molecule has 3 aromatic heterocycles. The average Bonchev–Trinajstić information content (AvgIpc) is 3.39. The molecule has 1 saturated carbocycles. The van der Waals surface area contributed by atoms with Crippen molar-refractivity contribution >= 4 is 49.4 Å². The van der Waals surface area contributed by atoms with Crippen LogP contribution in [0.4, 0.5) is 5.82 Å². The van der Waals surface area contributed by atoms with Crippen molar-refractivity contribution in [1.29, 1.82) is 4.78 Å². The van der Waals surface area contributed by atoms with Crippen LogP contribution in [0.25, 0.3) is 22.4 Å². The largest absolute Gasteiger partial charge is 0.351 e. The number of aromatic amines is 1. The minimum atomic E-state index is -2.78. The van der Waals surface area contributed by atoms with Gasteiger partial charge in [-0.05, 0) is 31.9 Å². The molecule has 0 bridgehead atoms. The molecule has 4 heterocycles. The van der Waals surface area contributed by atoms with Crippen molar-refractivity contribution in [3.63, 3.8) is 0 Å². The lowest BCUT2D eigenvalue weighted by atomic mass is 10.1. The number of halogens is 1. The Morgan fingerprint density at radius 3 is 2.80 bits per heavy atom. The fourth-order valence-corrected chi connectivity index (χ4v) is 6.47. The fourth-order valence-electron chi connectivity index (χ4n) is 4.30. The molecule has 10 heteroatoms. The maximum absolute atomic E-state index is 12.9. The van der Waals surface area contributed by atoms with Gasteiger partial charge in [0, 0.05) is 84.2 Å². The molecule has 2 aliphatic rings. The molecule has 1 unspecified atom stereocenters. The third-order valence-electron chi connectivity index (χ3n) is 6.20. The highest BCUT2D eigenvalue weighted by atomic mass is 127. The number of aromatic nitrogens is 4. The van der Waals surface area contributed by atoms with Crippen molar-refractivity contribution in [3.05, 3.63) is 36.3 Å². The first-order valence-corrected chi connectivity index (χ1v) is 12.9. The van der Waals surface area contributed by atoms with Crippen molar-refractivity contribution in [2.75, 3.05) is 30.8 Å². The molecule has 1 aliphatic carbocycles. The molecule has 0 radical (unpaired) electrons. The number of hydrogen-bond acceptors (Lipinski definition) is 7. The van der Waals surface area contributed by atoms with Gasteiger partial charge in [-0.15, -0.1) is 0 Å². The Morgan fingerprint density at radius 1 is 1.30 bits per heavy atom. The second-order valence-electron chi connectivity index (χ2n) is 8.28. The molecule has 1 saturated heterocycles. The summed E-state index contributed by atoms with van der Waals surface area (Å²) in [6, 6.07) is 6.18. The number of nitrogens with zero attached hydrogens (tertiary/aromatic N) is 5. The van der Waals surface area contributed by atoms with Crippen LogP contribution in [0.5, 0.6) is 0 Å². The molecule has 0 aromatic carbocycles. The van der Waals surface area contributed by atoms with Crippen LogP contribution in [0.3, 0.4) is 0 Å². The van der Waals surface area contributed by atoms with Crippen molar-refractivity contribution in [1.82, 2.24) is 23.0 Å². The summed E-state index contributed by atoms with van der Waals surface area (Å²) in [5, 5.41) is 0.957. The predicted molar refractivity (Wildman–Crippen MR) is 127 cm³/mol. The Morgan fingerprint density at radius 2 is 2.10 bits per heavy atom. The topological polar surface area (TPSA) is 102 Å². The molecular weight excluding hydrogens is 513 g/mol. The van der Waals surface area contributed by atoms with E-state index >= 15 is 0 Å². The van der Waals surface area contributed by atoms with Gasteiger partial charge in [-0.1, -0.05) is 0 Å². The third kappa shape index (κ3) is 3.28. The van der Waals surface area contributed by atoms with Gasteiger partial charge in [-0.25, -0.2) is 22.3 Å². The maximum atomic E-state index is 12.9. The van der Waals surface area contributed by atoms with Gasteiger partial charge < -0.3 is 9.88 Å². The zero-order valence-electron chi connectivity index (χ0n) is 16.9. The van der Waals surface area contributed by atoms with Gasteiger partial charge in [0.25, 0.3) is 0 Å². The minimum absolute atomic E-state index is 0.299. The molecule has 2 fully saturated rings. The van der Waals surface area contributed by atoms with Crippen LogP contribution in [0.1, 0.15) is 25.5 Å². The van der Waals surface area contributed by atoms with Crippen LogP contribution in [0, 0.1) is 4.78 Å². The summed E-state index contributed by atoms with van der Waals surface area (Å²) < 4.78 is 22.8. The monoisotopic (exact) mass is 537 g/mol. The van der Waals surface area contributed by atoms with Gasteiger partial charge in [0.1, 0.15) is 11.5 Å². The molecule has 5 rings (SSSR count). The van der Waals surface area contributed by atoms with Crippen LogP contribution in [-0.2, 0) is 14.5 Å². The van der Waals surface area contributed by atoms with Crippen LogP contribution in [0.15, 0.2) is 30.6 Å². The fraction of sp³-hybridized carbons (Fsp3) is 0.450. The number of fused-ring (bicyclic) bond motifs is 1. The maximum Gasteiger partial charge on any atom is 0.162 e. The number of rotatable bonds is 4. The van der Waals surface area contributed by atoms with Gasteiger partial charge >= 0.3 is 0 Å². The van der Waals surface area contributed by atoms with E-state index in [0.29, 0.717) is 11.9 Å². The second-order valence-corrected chi connectivity index (χ2v) is 12.1. The number of hydrogen-bond donors (Lipinski definition) is 2. The number of H-pyrrole nitrogens is 1. The predicted octanol–water partition coefficient (Wildman–Crippen LogP) is 3.55. The molecule has 0 amide bonds. The number of nitrogens with one attached hydrogen (secondary N) is 2. The SMILES string of the molecule is C[C@@H]1CN(I)CCN1c1cc(C2(S(C)(=N)=O)CC2)nc(-c2ccnc3[nH]ccc23)n1. The molecule has 158 valence electrons. The Kier molecular flexibility index (Phi) is 4.78. The van der Waals surface area contributed by atoms with E-state index in [-0.39, 0.29) is 0 Å². The zero-order chi connectivity index (χ0) is 21.1. The number of anilines is 1. The first kappa shape index (κ1) is 20.1. The number of pyridine rings is 1. The normalized spacial score (nSPS) is 23.4. The van der Waals surface area contributed by atoms with E-state index in [2.05, 4.69) is 47.8 Å². The highest BCUT2D eigenvalue weighted by molar-refractivity contribution is 14.1. The van der Waals surface area contributed by atoms with E-state index in [1.54, 1.807) is 6.20 Å². The minimum Gasteiger partial charge on any atom is -0.351 e. The van der Waals surface area contributed by atoms with E-state index in [0.717, 1.165) is 60.6 Å². The lowest BCUT2D eigenvalue weighted by Crippen LogP contribution is -2.49. The Balaban J connectivity index is 1.69. The first-order valence-electron chi connectivity index (χ1n) is 10.0. The summed E-state index contributed by atoms with van der Waals surface area (Å²) >= 11 is 2.37. The summed E-state index contributed by atoms with van der Waals surface area (Å²) in [5.74, 6) is 1.45.